The number of nitrogens with zero attached hydrogens (tertiary/aromatic N) is 2. The highest BCUT2D eigenvalue weighted by Crippen LogP contribution is 2.18. The molecular formula is C20H31N3O. The zero-order chi connectivity index (χ0) is 17.2. The van der Waals surface area contributed by atoms with Crippen molar-refractivity contribution >= 4 is 16.9 Å². The summed E-state index contributed by atoms with van der Waals surface area (Å²) in [6.07, 6.45) is 9.61. The smallest absolute Gasteiger partial charge is 0.220 e. The zero-order valence-electron chi connectivity index (χ0n) is 15.2. The number of aryl methyl sites for hydroxylation is 1. The van der Waals surface area contributed by atoms with Crippen molar-refractivity contribution in [1.29, 1.82) is 0 Å². The van der Waals surface area contributed by atoms with Gasteiger partial charge in [-0.05, 0) is 18.6 Å². The van der Waals surface area contributed by atoms with Gasteiger partial charge >= 0.3 is 0 Å². The van der Waals surface area contributed by atoms with Gasteiger partial charge in [-0.2, -0.15) is 0 Å². The predicted octanol–water partition coefficient (Wildman–Crippen LogP) is 4.81. The number of hydrogen-bond donors (Lipinski definition) is 1. The van der Waals surface area contributed by atoms with Crippen LogP contribution in [0.2, 0.25) is 0 Å². The number of nitrogens with one attached hydrogen (secondary N) is 1. The number of carbonyl (C=O) groups is 1. The van der Waals surface area contributed by atoms with Gasteiger partial charge in [-0.15, -0.1) is 0 Å². The molecule has 0 aliphatic heterocycles. The number of amides is 1. The topological polar surface area (TPSA) is 46.9 Å². The van der Waals surface area contributed by atoms with Gasteiger partial charge in [-0.1, -0.05) is 64.5 Å². The van der Waals surface area contributed by atoms with Crippen LogP contribution >= 0.6 is 0 Å². The van der Waals surface area contributed by atoms with Crippen LogP contribution in [0.25, 0.3) is 11.0 Å². The zero-order valence-corrected chi connectivity index (χ0v) is 15.2. The lowest BCUT2D eigenvalue weighted by atomic mass is 10.1. The van der Waals surface area contributed by atoms with Gasteiger partial charge in [-0.25, -0.2) is 4.98 Å². The molecule has 0 radical (unpaired) electrons. The van der Waals surface area contributed by atoms with Gasteiger partial charge in [0.25, 0.3) is 0 Å². The summed E-state index contributed by atoms with van der Waals surface area (Å²) in [5, 5.41) is 2.95. The molecule has 0 spiro atoms. The van der Waals surface area contributed by atoms with Crippen molar-refractivity contribution in [2.45, 2.75) is 78.3 Å². The lowest BCUT2D eigenvalue weighted by Crippen LogP contribution is -2.23. The molecule has 24 heavy (non-hydrogen) atoms. The largest absolute Gasteiger partial charge is 0.349 e. The van der Waals surface area contributed by atoms with E-state index in [1.165, 1.54) is 50.5 Å². The molecule has 1 aromatic carbocycles. The molecule has 1 heterocycles. The Bertz CT molecular complexity index is 633. The molecule has 1 N–H and O–H groups in total. The van der Waals surface area contributed by atoms with E-state index < -0.39 is 0 Å². The quantitative estimate of drug-likeness (QED) is 0.601. The monoisotopic (exact) mass is 329 g/mol. The summed E-state index contributed by atoms with van der Waals surface area (Å²) < 4.78 is 2.28. The molecule has 2 aromatic rings. The molecule has 2 rings (SSSR count). The van der Waals surface area contributed by atoms with Crippen LogP contribution in [-0.2, 0) is 17.9 Å². The maximum Gasteiger partial charge on any atom is 0.220 e. The fraction of sp³-hybridized carbons (Fsp3) is 0.600. The van der Waals surface area contributed by atoms with Crippen molar-refractivity contribution in [1.82, 2.24) is 14.9 Å². The Kier molecular flexibility index (Phi) is 7.80. The highest BCUT2D eigenvalue weighted by Gasteiger charge is 2.10. The summed E-state index contributed by atoms with van der Waals surface area (Å²) >= 11 is 0. The average molecular weight is 329 g/mol. The highest BCUT2D eigenvalue weighted by atomic mass is 16.1. The normalized spacial score (nSPS) is 11.1. The minimum Gasteiger partial charge on any atom is -0.349 e. The number of rotatable bonds is 11. The van der Waals surface area contributed by atoms with E-state index in [-0.39, 0.29) is 5.91 Å². The maximum atomic E-state index is 11.5. The van der Waals surface area contributed by atoms with E-state index in [0.29, 0.717) is 13.0 Å². The fourth-order valence-corrected chi connectivity index (χ4v) is 3.04. The van der Waals surface area contributed by atoms with Crippen molar-refractivity contribution in [2.75, 3.05) is 0 Å². The van der Waals surface area contributed by atoms with Crippen LogP contribution < -0.4 is 5.32 Å². The van der Waals surface area contributed by atoms with Crippen LogP contribution in [0, 0.1) is 0 Å². The van der Waals surface area contributed by atoms with Gasteiger partial charge in [0.05, 0.1) is 17.6 Å². The number of aromatic nitrogens is 2. The Morgan fingerprint density at radius 3 is 2.50 bits per heavy atom. The minimum atomic E-state index is 0.0736. The predicted molar refractivity (Wildman–Crippen MR) is 99.9 cm³/mol. The van der Waals surface area contributed by atoms with Crippen LogP contribution in [-0.4, -0.2) is 15.5 Å². The van der Waals surface area contributed by atoms with Gasteiger partial charge < -0.3 is 9.88 Å². The third-order valence-electron chi connectivity index (χ3n) is 4.48. The summed E-state index contributed by atoms with van der Waals surface area (Å²) in [5.74, 6) is 1.04. The van der Waals surface area contributed by atoms with Crippen LogP contribution in [0.4, 0.5) is 0 Å². The number of unbranched alkanes of at least 4 members (excludes halogenated alkanes) is 6. The fourth-order valence-electron chi connectivity index (χ4n) is 3.04. The van der Waals surface area contributed by atoms with Crippen LogP contribution in [0.3, 0.4) is 0 Å². The molecule has 0 atom stereocenters. The highest BCUT2D eigenvalue weighted by molar-refractivity contribution is 5.77. The molecule has 0 saturated carbocycles. The molecular weight excluding hydrogens is 298 g/mol. The third kappa shape index (κ3) is 5.36. The van der Waals surface area contributed by atoms with Gasteiger partial charge in [-0.3, -0.25) is 4.79 Å². The van der Waals surface area contributed by atoms with E-state index in [4.69, 9.17) is 4.98 Å². The van der Waals surface area contributed by atoms with Crippen molar-refractivity contribution in [2.24, 2.45) is 0 Å². The van der Waals surface area contributed by atoms with Crippen LogP contribution in [0.15, 0.2) is 24.3 Å². The van der Waals surface area contributed by atoms with E-state index in [9.17, 15) is 4.79 Å². The van der Waals surface area contributed by atoms with E-state index in [1.807, 2.05) is 19.1 Å². The molecule has 0 bridgehead atoms. The Balaban J connectivity index is 1.94. The summed E-state index contributed by atoms with van der Waals surface area (Å²) in [6.45, 7) is 5.61. The standard InChI is InChI=1S/C20H31N3O/c1-3-5-6-7-8-9-12-15-23-18-14-11-10-13-17(18)22-19(23)16-21-20(24)4-2/h10-11,13-14H,3-9,12,15-16H2,1-2H3,(H,21,24). The second-order valence-electron chi connectivity index (χ2n) is 6.42. The molecule has 0 aliphatic rings. The number of hydrogen-bond acceptors (Lipinski definition) is 2. The number of fused-ring (bicyclic) bond motifs is 1. The average Bonchev–Trinajstić information content (AvgIpc) is 2.96. The lowest BCUT2D eigenvalue weighted by molar-refractivity contribution is -0.120. The second kappa shape index (κ2) is 10.1. The summed E-state index contributed by atoms with van der Waals surface area (Å²) in [4.78, 5) is 16.3. The Labute approximate surface area is 145 Å². The molecule has 0 aliphatic carbocycles. The van der Waals surface area contributed by atoms with Gasteiger partial charge in [0.15, 0.2) is 0 Å². The molecule has 4 heteroatoms. The number of carbonyl (C=O) groups excluding carboxylic acids is 1. The van der Waals surface area contributed by atoms with E-state index in [2.05, 4.69) is 28.9 Å². The molecule has 0 fully saturated rings. The van der Waals surface area contributed by atoms with Crippen molar-refractivity contribution in [3.8, 4) is 0 Å². The summed E-state index contributed by atoms with van der Waals surface area (Å²) in [5.41, 5.74) is 2.19. The molecule has 4 nitrogen and oxygen atoms in total. The SMILES string of the molecule is CCCCCCCCCn1c(CNC(=O)CC)nc2ccccc21. The first kappa shape index (κ1) is 18.5. The Hall–Kier alpha value is -1.84. The van der Waals surface area contributed by atoms with E-state index >= 15 is 0 Å². The summed E-state index contributed by atoms with van der Waals surface area (Å²) in [7, 11) is 0. The first-order valence-corrected chi connectivity index (χ1v) is 9.47. The first-order valence-electron chi connectivity index (χ1n) is 9.47. The van der Waals surface area contributed by atoms with Crippen LogP contribution in [0.1, 0.15) is 71.0 Å². The Morgan fingerprint density at radius 1 is 1.04 bits per heavy atom. The van der Waals surface area contributed by atoms with Gasteiger partial charge in [0.2, 0.25) is 5.91 Å². The second-order valence-corrected chi connectivity index (χ2v) is 6.42. The number of benzene rings is 1. The molecule has 1 aromatic heterocycles. The third-order valence-corrected chi connectivity index (χ3v) is 4.48. The van der Waals surface area contributed by atoms with Crippen molar-refractivity contribution < 1.29 is 4.79 Å². The molecule has 132 valence electrons. The number of imidazole rings is 1. The van der Waals surface area contributed by atoms with Gasteiger partial charge in [0, 0.05) is 13.0 Å². The molecule has 0 saturated heterocycles. The van der Waals surface area contributed by atoms with Crippen LogP contribution in [0.5, 0.6) is 0 Å². The van der Waals surface area contributed by atoms with E-state index in [0.717, 1.165) is 17.9 Å². The Morgan fingerprint density at radius 2 is 1.75 bits per heavy atom. The summed E-state index contributed by atoms with van der Waals surface area (Å²) in [6, 6.07) is 8.23. The lowest BCUT2D eigenvalue weighted by Gasteiger charge is -2.10. The van der Waals surface area contributed by atoms with E-state index in [1.54, 1.807) is 0 Å². The van der Waals surface area contributed by atoms with Crippen molar-refractivity contribution in [3.63, 3.8) is 0 Å². The number of para-hydroxylation sites is 2. The van der Waals surface area contributed by atoms with Gasteiger partial charge in [0.1, 0.15) is 5.82 Å². The molecule has 1 amide bonds. The minimum absolute atomic E-state index is 0.0736. The molecule has 0 unspecified atom stereocenters. The first-order chi connectivity index (χ1) is 11.8. The maximum absolute atomic E-state index is 11.5. The van der Waals surface area contributed by atoms with Crippen molar-refractivity contribution in [3.05, 3.63) is 30.1 Å².